The van der Waals surface area contributed by atoms with Crippen LogP contribution in [0, 0.1) is 6.92 Å². The second kappa shape index (κ2) is 8.14. The zero-order valence-corrected chi connectivity index (χ0v) is 14.8. The summed E-state index contributed by atoms with van der Waals surface area (Å²) in [7, 11) is 0. The summed E-state index contributed by atoms with van der Waals surface area (Å²) < 4.78 is 11.1. The largest absolute Gasteiger partial charge is 0.491 e. The molecule has 1 aromatic heterocycles. The van der Waals surface area contributed by atoms with Gasteiger partial charge in [0.25, 0.3) is 5.91 Å². The van der Waals surface area contributed by atoms with E-state index in [4.69, 9.17) is 9.47 Å². The van der Waals surface area contributed by atoms with Crippen molar-refractivity contribution in [1.29, 1.82) is 0 Å². The molecule has 1 aliphatic heterocycles. The van der Waals surface area contributed by atoms with E-state index in [1.807, 2.05) is 31.2 Å². The van der Waals surface area contributed by atoms with Gasteiger partial charge in [-0.05, 0) is 43.5 Å². The number of benzene rings is 1. The van der Waals surface area contributed by atoms with Crippen LogP contribution in [0.15, 0.2) is 42.7 Å². The number of rotatable bonds is 6. The Morgan fingerprint density at radius 2 is 2.08 bits per heavy atom. The third-order valence-electron chi connectivity index (χ3n) is 4.27. The van der Waals surface area contributed by atoms with Crippen molar-refractivity contribution in [2.75, 3.05) is 26.3 Å². The molecule has 2 aromatic rings. The first-order chi connectivity index (χ1) is 12.5. The topological polar surface area (TPSA) is 84.8 Å². The number of piperidine rings is 1. The SMILES string of the molecule is Cc1cccc(OC[C@]2(O)CCCN(C(=O)COc3ncccn3)C2)c1. The van der Waals surface area contributed by atoms with Crippen LogP contribution < -0.4 is 9.47 Å². The molecule has 1 aromatic carbocycles. The molecule has 0 unspecified atom stereocenters. The van der Waals surface area contributed by atoms with Gasteiger partial charge in [0.05, 0.1) is 6.54 Å². The van der Waals surface area contributed by atoms with Crippen LogP contribution in [0.3, 0.4) is 0 Å². The lowest BCUT2D eigenvalue weighted by Crippen LogP contribution is -2.54. The smallest absolute Gasteiger partial charge is 0.316 e. The quantitative estimate of drug-likeness (QED) is 0.845. The number of ether oxygens (including phenoxy) is 2. The zero-order valence-electron chi connectivity index (χ0n) is 14.8. The Kier molecular flexibility index (Phi) is 5.68. The minimum atomic E-state index is -1.07. The van der Waals surface area contributed by atoms with Gasteiger partial charge in [-0.2, -0.15) is 0 Å². The van der Waals surface area contributed by atoms with Crippen molar-refractivity contribution in [3.05, 3.63) is 48.3 Å². The standard InChI is InChI=1S/C19H23N3O4/c1-15-5-2-6-16(11-15)26-14-19(24)7-3-10-22(13-19)17(23)12-25-18-20-8-4-9-21-18/h2,4-6,8-9,11,24H,3,7,10,12-14H2,1H3/t19-/m0/s1. The van der Waals surface area contributed by atoms with E-state index in [1.54, 1.807) is 23.4 Å². The number of carbonyl (C=O) groups excluding carboxylic acids is 1. The van der Waals surface area contributed by atoms with Crippen LogP contribution in [0.25, 0.3) is 0 Å². The summed E-state index contributed by atoms with van der Waals surface area (Å²) in [6.45, 7) is 2.78. The number of carbonyl (C=O) groups is 1. The summed E-state index contributed by atoms with van der Waals surface area (Å²) in [5.74, 6) is 0.512. The summed E-state index contributed by atoms with van der Waals surface area (Å²) in [5.41, 5.74) is 0.0242. The Morgan fingerprint density at radius 1 is 1.27 bits per heavy atom. The van der Waals surface area contributed by atoms with Gasteiger partial charge in [-0.15, -0.1) is 0 Å². The van der Waals surface area contributed by atoms with Crippen molar-refractivity contribution in [1.82, 2.24) is 14.9 Å². The van der Waals surface area contributed by atoms with Crippen LogP contribution in [-0.2, 0) is 4.79 Å². The predicted octanol–water partition coefficient (Wildman–Crippen LogP) is 1.60. The maximum absolute atomic E-state index is 12.4. The van der Waals surface area contributed by atoms with Gasteiger partial charge in [0.15, 0.2) is 6.61 Å². The summed E-state index contributed by atoms with van der Waals surface area (Å²) in [4.78, 5) is 21.8. The third-order valence-corrected chi connectivity index (χ3v) is 4.27. The lowest BCUT2D eigenvalue weighted by atomic mass is 9.93. The highest BCUT2D eigenvalue weighted by Gasteiger charge is 2.36. The molecule has 3 rings (SSSR count). The highest BCUT2D eigenvalue weighted by Crippen LogP contribution is 2.23. The molecule has 2 heterocycles. The van der Waals surface area contributed by atoms with Gasteiger partial charge >= 0.3 is 6.01 Å². The van der Waals surface area contributed by atoms with E-state index in [2.05, 4.69) is 9.97 Å². The molecule has 26 heavy (non-hydrogen) atoms. The summed E-state index contributed by atoms with van der Waals surface area (Å²) in [6, 6.07) is 9.51. The number of hydrogen-bond acceptors (Lipinski definition) is 6. The molecule has 0 radical (unpaired) electrons. The van der Waals surface area contributed by atoms with Crippen molar-refractivity contribution >= 4 is 5.91 Å². The average Bonchev–Trinajstić information content (AvgIpc) is 2.65. The Hall–Kier alpha value is -2.67. The third kappa shape index (κ3) is 4.92. The number of β-amino-alcohol motifs (C(OH)–C–C–N with tert-alkyl or cyclic N) is 1. The van der Waals surface area contributed by atoms with Crippen molar-refractivity contribution in [2.24, 2.45) is 0 Å². The van der Waals surface area contributed by atoms with Gasteiger partial charge in [-0.1, -0.05) is 12.1 Å². The highest BCUT2D eigenvalue weighted by molar-refractivity contribution is 5.77. The van der Waals surface area contributed by atoms with E-state index in [1.165, 1.54) is 0 Å². The number of amides is 1. The number of aryl methyl sites for hydroxylation is 1. The summed E-state index contributed by atoms with van der Waals surface area (Å²) >= 11 is 0. The fourth-order valence-electron chi connectivity index (χ4n) is 2.94. The molecule has 138 valence electrons. The first kappa shape index (κ1) is 18.1. The van der Waals surface area contributed by atoms with Crippen molar-refractivity contribution in [3.8, 4) is 11.8 Å². The Balaban J connectivity index is 1.53. The van der Waals surface area contributed by atoms with Crippen LogP contribution in [0.4, 0.5) is 0 Å². The molecule has 0 spiro atoms. The molecule has 1 amide bonds. The number of hydrogen-bond donors (Lipinski definition) is 1. The molecule has 1 aliphatic rings. The van der Waals surface area contributed by atoms with E-state index < -0.39 is 5.60 Å². The Bertz CT molecular complexity index is 741. The number of nitrogens with zero attached hydrogens (tertiary/aromatic N) is 3. The van der Waals surface area contributed by atoms with Gasteiger partial charge < -0.3 is 19.5 Å². The average molecular weight is 357 g/mol. The number of aliphatic hydroxyl groups is 1. The number of likely N-dealkylation sites (tertiary alicyclic amines) is 1. The van der Waals surface area contributed by atoms with Crippen molar-refractivity contribution < 1.29 is 19.4 Å². The number of aromatic nitrogens is 2. The highest BCUT2D eigenvalue weighted by atomic mass is 16.5. The lowest BCUT2D eigenvalue weighted by Gasteiger charge is -2.38. The van der Waals surface area contributed by atoms with E-state index in [0.29, 0.717) is 25.1 Å². The molecule has 0 aliphatic carbocycles. The van der Waals surface area contributed by atoms with Gasteiger partial charge in [-0.3, -0.25) is 4.79 Å². The van der Waals surface area contributed by atoms with Crippen molar-refractivity contribution in [2.45, 2.75) is 25.4 Å². The maximum atomic E-state index is 12.4. The van der Waals surface area contributed by atoms with Crippen LogP contribution in [0.2, 0.25) is 0 Å². The van der Waals surface area contributed by atoms with E-state index in [0.717, 1.165) is 5.56 Å². The molecular formula is C19H23N3O4. The van der Waals surface area contributed by atoms with Crippen LogP contribution in [0.1, 0.15) is 18.4 Å². The molecule has 1 fully saturated rings. The first-order valence-corrected chi connectivity index (χ1v) is 8.64. The molecule has 1 atom stereocenters. The van der Waals surface area contributed by atoms with Gasteiger partial charge in [0, 0.05) is 18.9 Å². The minimum Gasteiger partial charge on any atom is -0.491 e. The molecule has 7 heteroatoms. The summed E-state index contributed by atoms with van der Waals surface area (Å²) in [5, 5.41) is 10.8. The molecule has 1 saturated heterocycles. The fraction of sp³-hybridized carbons (Fsp3) is 0.421. The van der Waals surface area contributed by atoms with E-state index in [9.17, 15) is 9.90 Å². The Morgan fingerprint density at radius 3 is 2.85 bits per heavy atom. The molecular weight excluding hydrogens is 334 g/mol. The normalized spacial score (nSPS) is 19.8. The Labute approximate surface area is 152 Å². The second-order valence-corrected chi connectivity index (χ2v) is 6.57. The van der Waals surface area contributed by atoms with E-state index in [-0.39, 0.29) is 31.7 Å². The van der Waals surface area contributed by atoms with Crippen molar-refractivity contribution in [3.63, 3.8) is 0 Å². The lowest BCUT2D eigenvalue weighted by molar-refractivity contribution is -0.142. The van der Waals surface area contributed by atoms with E-state index >= 15 is 0 Å². The van der Waals surface area contributed by atoms with Gasteiger partial charge in [0.2, 0.25) is 0 Å². The minimum absolute atomic E-state index is 0.142. The monoisotopic (exact) mass is 357 g/mol. The van der Waals surface area contributed by atoms with Gasteiger partial charge in [-0.25, -0.2) is 9.97 Å². The molecule has 7 nitrogen and oxygen atoms in total. The van der Waals surface area contributed by atoms with Crippen LogP contribution in [0.5, 0.6) is 11.8 Å². The van der Waals surface area contributed by atoms with Crippen LogP contribution >= 0.6 is 0 Å². The summed E-state index contributed by atoms with van der Waals surface area (Å²) in [6.07, 6.45) is 4.40. The van der Waals surface area contributed by atoms with Crippen LogP contribution in [-0.4, -0.2) is 57.8 Å². The fourth-order valence-corrected chi connectivity index (χ4v) is 2.94. The predicted molar refractivity (Wildman–Crippen MR) is 95.0 cm³/mol. The molecule has 0 bridgehead atoms. The zero-order chi connectivity index (χ0) is 18.4. The van der Waals surface area contributed by atoms with Gasteiger partial charge in [0.1, 0.15) is 18.0 Å². The maximum Gasteiger partial charge on any atom is 0.316 e. The second-order valence-electron chi connectivity index (χ2n) is 6.57. The molecule has 0 saturated carbocycles. The first-order valence-electron chi connectivity index (χ1n) is 8.64. The molecule has 1 N–H and O–H groups in total.